The van der Waals surface area contributed by atoms with E-state index in [1.54, 1.807) is 4.31 Å². The van der Waals surface area contributed by atoms with Gasteiger partial charge in [0.1, 0.15) is 0 Å². The second kappa shape index (κ2) is 9.20. The van der Waals surface area contributed by atoms with Crippen molar-refractivity contribution < 1.29 is 13.2 Å². The van der Waals surface area contributed by atoms with Crippen molar-refractivity contribution >= 4 is 15.9 Å². The Morgan fingerprint density at radius 2 is 1.52 bits per heavy atom. The topological polar surface area (TPSA) is 60.9 Å². The van der Waals surface area contributed by atoms with Crippen LogP contribution in [0.2, 0.25) is 0 Å². The first kappa shape index (κ1) is 22.7. The van der Waals surface area contributed by atoms with Gasteiger partial charge in [-0.05, 0) is 83.5 Å². The van der Waals surface area contributed by atoms with Crippen LogP contribution in [0.5, 0.6) is 0 Å². The van der Waals surface area contributed by atoms with E-state index in [9.17, 15) is 13.2 Å². The van der Waals surface area contributed by atoms with Crippen molar-refractivity contribution in [3.05, 3.63) is 28.8 Å². The Kier molecular flexibility index (Phi) is 6.75. The van der Waals surface area contributed by atoms with Crippen LogP contribution < -0.4 is 0 Å². The molecule has 3 aliphatic rings. The lowest BCUT2D eigenvalue weighted by atomic mass is 9.96. The highest BCUT2D eigenvalue weighted by molar-refractivity contribution is 7.89. The minimum absolute atomic E-state index is 0.0501. The number of carbonyl (C=O) groups is 1. The number of rotatable bonds is 5. The Hall–Kier alpha value is -1.44. The van der Waals surface area contributed by atoms with Crippen LogP contribution in [0.4, 0.5) is 0 Å². The molecule has 1 aromatic rings. The lowest BCUT2D eigenvalue weighted by Crippen LogP contribution is -2.48. The maximum absolute atomic E-state index is 13.3. The molecule has 3 fully saturated rings. The van der Waals surface area contributed by atoms with E-state index < -0.39 is 10.0 Å². The second-order valence-electron chi connectivity index (χ2n) is 9.74. The van der Waals surface area contributed by atoms with E-state index in [4.69, 9.17) is 0 Å². The fraction of sp³-hybridized carbons (Fsp3) is 0.708. The first-order chi connectivity index (χ1) is 14.8. The van der Waals surface area contributed by atoms with Crippen LogP contribution in [0.3, 0.4) is 0 Å². The van der Waals surface area contributed by atoms with Crippen LogP contribution >= 0.6 is 0 Å². The van der Waals surface area contributed by atoms with Gasteiger partial charge in [0.2, 0.25) is 15.9 Å². The third-order valence-electron chi connectivity index (χ3n) is 7.33. The maximum Gasteiger partial charge on any atom is 0.243 e. The molecule has 1 amide bonds. The van der Waals surface area contributed by atoms with Gasteiger partial charge in [-0.1, -0.05) is 17.7 Å². The predicted molar refractivity (Wildman–Crippen MR) is 123 cm³/mol. The highest BCUT2D eigenvalue weighted by atomic mass is 32.2. The lowest BCUT2D eigenvalue weighted by molar-refractivity contribution is -0.137. The van der Waals surface area contributed by atoms with Gasteiger partial charge in [-0.3, -0.25) is 4.79 Å². The van der Waals surface area contributed by atoms with Crippen molar-refractivity contribution in [3.8, 4) is 0 Å². The zero-order valence-electron chi connectivity index (χ0n) is 19.3. The standard InChI is InChI=1S/C24H37N3O3S/c1-18-15-19(2)23(20(3)16-18)31(29,30)26-13-8-21(9-14-26)24(28)27-12-6-7-22(27)17-25-10-4-5-11-25/h15-16,21-22H,4-14,17H2,1-3H3. The molecular weight excluding hydrogens is 410 g/mol. The van der Waals surface area contributed by atoms with Crippen LogP contribution in [0.25, 0.3) is 0 Å². The molecule has 0 N–H and O–H groups in total. The quantitative estimate of drug-likeness (QED) is 0.696. The summed E-state index contributed by atoms with van der Waals surface area (Å²) in [5.41, 5.74) is 2.68. The molecule has 6 nitrogen and oxygen atoms in total. The Morgan fingerprint density at radius 3 is 2.13 bits per heavy atom. The third kappa shape index (κ3) is 4.69. The number of hydrogen-bond acceptors (Lipinski definition) is 4. The van der Waals surface area contributed by atoms with Crippen LogP contribution in [0, 0.1) is 26.7 Å². The number of hydrogen-bond donors (Lipinski definition) is 0. The Morgan fingerprint density at radius 1 is 0.903 bits per heavy atom. The molecule has 1 atom stereocenters. The van der Waals surface area contributed by atoms with Crippen molar-refractivity contribution in [1.82, 2.24) is 14.1 Å². The number of piperidine rings is 1. The molecule has 3 aliphatic heterocycles. The van der Waals surface area contributed by atoms with Crippen molar-refractivity contribution in [2.75, 3.05) is 39.3 Å². The molecule has 3 heterocycles. The molecule has 0 spiro atoms. The van der Waals surface area contributed by atoms with Gasteiger partial charge < -0.3 is 9.80 Å². The second-order valence-corrected chi connectivity index (χ2v) is 11.6. The number of amides is 1. The molecule has 0 aromatic heterocycles. The van der Waals surface area contributed by atoms with Crippen molar-refractivity contribution in [3.63, 3.8) is 0 Å². The van der Waals surface area contributed by atoms with Gasteiger partial charge in [-0.15, -0.1) is 0 Å². The fourth-order valence-corrected chi connectivity index (χ4v) is 7.74. The van der Waals surface area contributed by atoms with Gasteiger partial charge in [-0.2, -0.15) is 4.31 Å². The maximum atomic E-state index is 13.3. The number of carbonyl (C=O) groups excluding carboxylic acids is 1. The molecule has 7 heteroatoms. The SMILES string of the molecule is Cc1cc(C)c(S(=O)(=O)N2CCC(C(=O)N3CCCC3CN3CCCC3)CC2)c(C)c1. The summed E-state index contributed by atoms with van der Waals surface area (Å²) >= 11 is 0. The van der Waals surface area contributed by atoms with E-state index in [2.05, 4.69) is 9.80 Å². The van der Waals surface area contributed by atoms with Crippen molar-refractivity contribution in [2.45, 2.75) is 70.2 Å². The summed E-state index contributed by atoms with van der Waals surface area (Å²) in [4.78, 5) is 18.3. The zero-order valence-corrected chi connectivity index (χ0v) is 20.1. The van der Waals surface area contributed by atoms with Crippen LogP contribution in [-0.2, 0) is 14.8 Å². The predicted octanol–water partition coefficient (Wildman–Crippen LogP) is 3.10. The molecule has 3 saturated heterocycles. The highest BCUT2D eigenvalue weighted by Gasteiger charge is 2.38. The summed E-state index contributed by atoms with van der Waals surface area (Å²) in [7, 11) is -3.53. The third-order valence-corrected chi connectivity index (χ3v) is 9.54. The van der Waals surface area contributed by atoms with E-state index in [-0.39, 0.29) is 11.8 Å². The lowest BCUT2D eigenvalue weighted by Gasteiger charge is -2.35. The van der Waals surface area contributed by atoms with Gasteiger partial charge in [0.05, 0.1) is 4.90 Å². The molecular formula is C24H37N3O3S. The largest absolute Gasteiger partial charge is 0.338 e. The van der Waals surface area contributed by atoms with Gasteiger partial charge in [0.15, 0.2) is 0 Å². The number of sulfonamides is 1. The fourth-order valence-electron chi connectivity index (χ4n) is 5.86. The van der Waals surface area contributed by atoms with Gasteiger partial charge in [0.25, 0.3) is 0 Å². The first-order valence-electron chi connectivity index (χ1n) is 11.9. The molecule has 0 aliphatic carbocycles. The molecule has 172 valence electrons. The van der Waals surface area contributed by atoms with E-state index in [1.807, 2.05) is 32.9 Å². The van der Waals surface area contributed by atoms with Crippen LogP contribution in [0.1, 0.15) is 55.2 Å². The monoisotopic (exact) mass is 447 g/mol. The first-order valence-corrected chi connectivity index (χ1v) is 13.3. The van der Waals surface area contributed by atoms with E-state index in [0.29, 0.717) is 36.9 Å². The Balaban J connectivity index is 1.39. The molecule has 1 unspecified atom stereocenters. The van der Waals surface area contributed by atoms with E-state index in [0.717, 1.165) is 55.7 Å². The number of likely N-dealkylation sites (tertiary alicyclic amines) is 2. The van der Waals surface area contributed by atoms with E-state index in [1.165, 1.54) is 12.8 Å². The minimum atomic E-state index is -3.53. The summed E-state index contributed by atoms with van der Waals surface area (Å²) in [6.07, 6.45) is 5.97. The number of nitrogens with zero attached hydrogens (tertiary/aromatic N) is 3. The summed E-state index contributed by atoms with van der Waals surface area (Å²) in [5, 5.41) is 0. The van der Waals surface area contributed by atoms with Crippen LogP contribution in [-0.4, -0.2) is 73.7 Å². The van der Waals surface area contributed by atoms with Gasteiger partial charge >= 0.3 is 0 Å². The Bertz CT molecular complexity index is 893. The Labute approximate surface area is 187 Å². The van der Waals surface area contributed by atoms with E-state index >= 15 is 0 Å². The number of benzene rings is 1. The van der Waals surface area contributed by atoms with Crippen molar-refractivity contribution in [2.24, 2.45) is 5.92 Å². The number of aryl methyl sites for hydroxylation is 3. The van der Waals surface area contributed by atoms with Gasteiger partial charge in [-0.25, -0.2) is 8.42 Å². The smallest absolute Gasteiger partial charge is 0.243 e. The van der Waals surface area contributed by atoms with Crippen LogP contribution in [0.15, 0.2) is 17.0 Å². The summed E-state index contributed by atoms with van der Waals surface area (Å²) in [6.45, 7) is 10.8. The average Bonchev–Trinajstić information content (AvgIpc) is 3.39. The highest BCUT2D eigenvalue weighted by Crippen LogP contribution is 2.31. The summed E-state index contributed by atoms with van der Waals surface area (Å²) < 4.78 is 28.3. The van der Waals surface area contributed by atoms with Crippen molar-refractivity contribution in [1.29, 1.82) is 0 Å². The molecule has 4 rings (SSSR count). The molecule has 0 saturated carbocycles. The summed E-state index contributed by atoms with van der Waals surface area (Å²) in [6, 6.07) is 4.21. The molecule has 0 radical (unpaired) electrons. The zero-order chi connectivity index (χ0) is 22.2. The molecule has 31 heavy (non-hydrogen) atoms. The normalized spacial score (nSPS) is 24.2. The molecule has 1 aromatic carbocycles. The summed E-state index contributed by atoms with van der Waals surface area (Å²) in [5.74, 6) is 0.201. The average molecular weight is 448 g/mol. The minimum Gasteiger partial charge on any atom is -0.338 e. The van der Waals surface area contributed by atoms with Gasteiger partial charge in [0, 0.05) is 38.1 Å². The molecule has 0 bridgehead atoms.